The van der Waals surface area contributed by atoms with Crippen molar-refractivity contribution >= 4 is 21.6 Å². The molecule has 1 aromatic heterocycles. The van der Waals surface area contributed by atoms with Crippen molar-refractivity contribution in [3.05, 3.63) is 42.5 Å². The highest BCUT2D eigenvalue weighted by atomic mass is 32.2. The van der Waals surface area contributed by atoms with E-state index in [1.165, 1.54) is 23.4 Å². The number of nitrogens with zero attached hydrogens (tertiary/aromatic N) is 2. The average molecular weight is 398 g/mol. The Balaban J connectivity index is 1.91. The van der Waals surface area contributed by atoms with Crippen molar-refractivity contribution < 1.29 is 22.0 Å². The van der Waals surface area contributed by atoms with E-state index in [1.54, 1.807) is 0 Å². The molecule has 2 aromatic rings. The number of hydrogen-bond donors (Lipinski definition) is 2. The van der Waals surface area contributed by atoms with Crippen molar-refractivity contribution in [1.82, 2.24) is 15.1 Å². The summed E-state index contributed by atoms with van der Waals surface area (Å²) in [4.78, 5) is 13.3. The van der Waals surface area contributed by atoms with Crippen LogP contribution in [0.3, 0.4) is 0 Å². The molecule has 3 rings (SSSR count). The Labute approximate surface area is 155 Å². The Morgan fingerprint density at radius 1 is 1.41 bits per heavy atom. The number of aromatic nitrogens is 2. The number of urea groups is 1. The van der Waals surface area contributed by atoms with Crippen molar-refractivity contribution in [2.45, 2.75) is 42.1 Å². The minimum absolute atomic E-state index is 0.181. The summed E-state index contributed by atoms with van der Waals surface area (Å²) >= 11 is 0. The van der Waals surface area contributed by atoms with Gasteiger partial charge in [0.15, 0.2) is 0 Å². The lowest BCUT2D eigenvalue weighted by Gasteiger charge is -2.41. The summed E-state index contributed by atoms with van der Waals surface area (Å²) < 4.78 is 54.9. The first kappa shape index (κ1) is 19.3. The van der Waals surface area contributed by atoms with Crippen LogP contribution in [-0.2, 0) is 9.84 Å². The van der Waals surface area contributed by atoms with Gasteiger partial charge in [0.25, 0.3) is 0 Å². The first-order valence-electron chi connectivity index (χ1n) is 8.49. The molecule has 1 saturated heterocycles. The lowest BCUT2D eigenvalue weighted by Crippen LogP contribution is -2.57. The minimum atomic E-state index is -4.54. The lowest BCUT2D eigenvalue weighted by atomic mass is 9.99. The zero-order valence-corrected chi connectivity index (χ0v) is 15.5. The normalized spacial score (nSPS) is 20.1. The molecule has 0 spiro atoms. The molecule has 0 radical (unpaired) electrons. The second kappa shape index (κ2) is 7.26. The second-order valence-electron chi connectivity index (χ2n) is 6.57. The number of carbonyl (C=O) groups is 1. The predicted molar refractivity (Wildman–Crippen MR) is 95.1 cm³/mol. The van der Waals surface area contributed by atoms with Crippen LogP contribution < -0.4 is 5.32 Å². The number of nitrogens with one attached hydrogen (secondary N) is 2. The zero-order valence-electron chi connectivity index (χ0n) is 14.7. The molecule has 2 amide bonds. The van der Waals surface area contributed by atoms with Gasteiger partial charge < -0.3 is 10.2 Å². The third kappa shape index (κ3) is 3.66. The molecule has 146 valence electrons. The Morgan fingerprint density at radius 3 is 2.85 bits per heavy atom. The van der Waals surface area contributed by atoms with Gasteiger partial charge in [0.2, 0.25) is 14.8 Å². The van der Waals surface area contributed by atoms with E-state index in [0.29, 0.717) is 18.5 Å². The molecular formula is C17H20F2N4O3S. The number of carbonyl (C=O) groups excluding carboxylic acids is 1. The Hall–Kier alpha value is -2.49. The van der Waals surface area contributed by atoms with Crippen molar-refractivity contribution in [2.75, 3.05) is 11.9 Å². The molecule has 27 heavy (non-hydrogen) atoms. The van der Waals surface area contributed by atoms with Crippen molar-refractivity contribution in [3.8, 4) is 0 Å². The number of amides is 2. The number of aromatic amines is 1. The standard InChI is InChI=1S/C17H20F2N4O3S/c1-17(19,27(25,26)14-6-4-5-12(18)9-14)15-7-2-3-8-23(15)16(24)22-13-10-20-21-11-13/h4-6,9-11,15H,2-3,7-8H2,1H3,(H,20,21)(H,22,24). The Morgan fingerprint density at radius 2 is 2.19 bits per heavy atom. The molecule has 2 N–H and O–H groups in total. The maximum atomic E-state index is 15.7. The van der Waals surface area contributed by atoms with Gasteiger partial charge in [-0.1, -0.05) is 6.07 Å². The molecule has 1 aromatic carbocycles. The molecule has 0 aliphatic carbocycles. The van der Waals surface area contributed by atoms with Crippen molar-refractivity contribution in [3.63, 3.8) is 0 Å². The van der Waals surface area contributed by atoms with E-state index in [1.807, 2.05) is 0 Å². The molecule has 7 nitrogen and oxygen atoms in total. The fraction of sp³-hybridized carbons (Fsp3) is 0.412. The third-order valence-electron chi connectivity index (χ3n) is 4.74. The number of piperidine rings is 1. The van der Waals surface area contributed by atoms with E-state index in [4.69, 9.17) is 0 Å². The fourth-order valence-electron chi connectivity index (χ4n) is 3.27. The summed E-state index contributed by atoms with van der Waals surface area (Å²) in [5, 5.41) is 6.04. The predicted octanol–water partition coefficient (Wildman–Crippen LogP) is 3.09. The number of anilines is 1. The number of benzene rings is 1. The van der Waals surface area contributed by atoms with Gasteiger partial charge in [-0.05, 0) is 44.4 Å². The van der Waals surface area contributed by atoms with E-state index in [9.17, 15) is 17.6 Å². The zero-order chi connectivity index (χ0) is 19.7. The average Bonchev–Trinajstić information content (AvgIpc) is 3.14. The van der Waals surface area contributed by atoms with Crippen LogP contribution in [0.1, 0.15) is 26.2 Å². The summed E-state index contributed by atoms with van der Waals surface area (Å²) in [5.74, 6) is -0.773. The molecule has 1 aliphatic rings. The number of rotatable bonds is 4. The van der Waals surface area contributed by atoms with Gasteiger partial charge in [-0.2, -0.15) is 5.10 Å². The molecule has 2 unspecified atom stereocenters. The first-order chi connectivity index (χ1) is 12.7. The highest BCUT2D eigenvalue weighted by Crippen LogP contribution is 2.37. The van der Waals surface area contributed by atoms with Gasteiger partial charge in [0.05, 0.1) is 22.8 Å². The van der Waals surface area contributed by atoms with Crippen LogP contribution in [0.5, 0.6) is 0 Å². The number of likely N-dealkylation sites (tertiary alicyclic amines) is 1. The van der Waals surface area contributed by atoms with Crippen LogP contribution in [0, 0.1) is 5.82 Å². The smallest absolute Gasteiger partial charge is 0.317 e. The fourth-order valence-corrected chi connectivity index (χ4v) is 4.86. The maximum Gasteiger partial charge on any atom is 0.322 e. The minimum Gasteiger partial charge on any atom is -0.317 e. The highest BCUT2D eigenvalue weighted by molar-refractivity contribution is 7.92. The van der Waals surface area contributed by atoms with Crippen LogP contribution in [0.25, 0.3) is 0 Å². The SMILES string of the molecule is CC(F)(C1CCCCN1C(=O)Nc1cn[nH]c1)S(=O)(=O)c1cccc(F)c1. The topological polar surface area (TPSA) is 95.2 Å². The van der Waals surface area contributed by atoms with Gasteiger partial charge in [-0.25, -0.2) is 22.0 Å². The van der Waals surface area contributed by atoms with Crippen LogP contribution in [0.2, 0.25) is 0 Å². The summed E-state index contributed by atoms with van der Waals surface area (Å²) in [6, 6.07) is 2.41. The molecule has 1 fully saturated rings. The van der Waals surface area contributed by atoms with E-state index in [2.05, 4.69) is 15.5 Å². The Bertz CT molecular complexity index is 916. The second-order valence-corrected chi connectivity index (χ2v) is 8.85. The van der Waals surface area contributed by atoms with Crippen LogP contribution in [0.4, 0.5) is 19.3 Å². The van der Waals surface area contributed by atoms with Gasteiger partial charge in [-0.3, -0.25) is 5.10 Å². The summed E-state index contributed by atoms with van der Waals surface area (Å²) in [7, 11) is -4.54. The van der Waals surface area contributed by atoms with Crippen LogP contribution in [0.15, 0.2) is 41.6 Å². The number of halogens is 2. The quantitative estimate of drug-likeness (QED) is 0.827. The summed E-state index contributed by atoms with van der Waals surface area (Å²) in [6.45, 7) is 1.15. The Kier molecular flexibility index (Phi) is 5.18. The maximum absolute atomic E-state index is 15.7. The number of hydrogen-bond acceptors (Lipinski definition) is 4. The van der Waals surface area contributed by atoms with E-state index < -0.39 is 37.6 Å². The van der Waals surface area contributed by atoms with Crippen LogP contribution in [-0.4, -0.2) is 47.1 Å². The molecule has 1 aliphatic heterocycles. The highest BCUT2D eigenvalue weighted by Gasteiger charge is 2.51. The van der Waals surface area contributed by atoms with Crippen molar-refractivity contribution in [1.29, 1.82) is 0 Å². The van der Waals surface area contributed by atoms with Gasteiger partial charge in [0, 0.05) is 12.7 Å². The largest absolute Gasteiger partial charge is 0.322 e. The number of alkyl halides is 1. The first-order valence-corrected chi connectivity index (χ1v) is 9.97. The molecular weight excluding hydrogens is 378 g/mol. The number of sulfone groups is 1. The monoisotopic (exact) mass is 398 g/mol. The van der Waals surface area contributed by atoms with E-state index in [0.717, 1.165) is 25.1 Å². The summed E-state index contributed by atoms with van der Waals surface area (Å²) in [5.41, 5.74) is 0.387. The summed E-state index contributed by atoms with van der Waals surface area (Å²) in [6.07, 6.45) is 4.23. The molecule has 2 atom stereocenters. The van der Waals surface area contributed by atoms with E-state index in [-0.39, 0.29) is 13.0 Å². The van der Waals surface area contributed by atoms with Gasteiger partial charge >= 0.3 is 6.03 Å². The lowest BCUT2D eigenvalue weighted by molar-refractivity contribution is 0.0884. The molecule has 0 saturated carbocycles. The third-order valence-corrected chi connectivity index (χ3v) is 6.94. The number of H-pyrrole nitrogens is 1. The molecule has 10 heteroatoms. The molecule has 0 bridgehead atoms. The van der Waals surface area contributed by atoms with Crippen molar-refractivity contribution in [2.24, 2.45) is 0 Å². The van der Waals surface area contributed by atoms with Gasteiger partial charge in [-0.15, -0.1) is 0 Å². The van der Waals surface area contributed by atoms with Gasteiger partial charge in [0.1, 0.15) is 5.82 Å². The van der Waals surface area contributed by atoms with E-state index >= 15 is 4.39 Å². The molecule has 2 heterocycles. The van der Waals surface area contributed by atoms with Crippen LogP contribution >= 0.6 is 0 Å².